The number of halogens is 3. The topological polar surface area (TPSA) is 35.2 Å². The molecule has 0 fully saturated rings. The van der Waals surface area contributed by atoms with Crippen molar-refractivity contribution in [3.8, 4) is 0 Å². The minimum absolute atomic E-state index is 0.0144. The molecule has 0 rings (SSSR count). The van der Waals surface area contributed by atoms with E-state index < -0.39 is 12.8 Å². The van der Waals surface area contributed by atoms with Crippen LogP contribution < -0.4 is 5.73 Å². The second-order valence-electron chi connectivity index (χ2n) is 4.22. The Kier molecular flexibility index (Phi) is 6.20. The smallest absolute Gasteiger partial charge is 0.372 e. The fourth-order valence-corrected chi connectivity index (χ4v) is 1.61. The van der Waals surface area contributed by atoms with Crippen LogP contribution >= 0.6 is 0 Å². The van der Waals surface area contributed by atoms with Crippen molar-refractivity contribution >= 4 is 0 Å². The van der Waals surface area contributed by atoms with E-state index in [-0.39, 0.29) is 18.6 Å². The summed E-state index contributed by atoms with van der Waals surface area (Å²) in [6, 6.07) is -0.0144. The molecule has 0 bridgehead atoms. The van der Waals surface area contributed by atoms with E-state index in [1.54, 1.807) is 0 Å². The summed E-state index contributed by atoms with van der Waals surface area (Å²) in [7, 11) is 0. The Labute approximate surface area is 89.0 Å². The average molecular weight is 227 g/mol. The first-order valence-corrected chi connectivity index (χ1v) is 5.14. The number of alkyl halides is 3. The molecule has 2 unspecified atom stereocenters. The van der Waals surface area contributed by atoms with Crippen LogP contribution in [-0.2, 0) is 4.74 Å². The monoisotopic (exact) mass is 227 g/mol. The van der Waals surface area contributed by atoms with Crippen molar-refractivity contribution in [2.75, 3.05) is 13.2 Å². The SMILES string of the molecule is CC(C)C(CCOCC(F)(F)F)C(C)N. The third kappa shape index (κ3) is 7.62. The lowest BCUT2D eigenvalue weighted by Crippen LogP contribution is -2.31. The van der Waals surface area contributed by atoms with Crippen molar-refractivity contribution in [2.45, 2.75) is 39.4 Å². The molecule has 0 aromatic carbocycles. The molecule has 15 heavy (non-hydrogen) atoms. The van der Waals surface area contributed by atoms with Gasteiger partial charge in [0.25, 0.3) is 0 Å². The van der Waals surface area contributed by atoms with Gasteiger partial charge in [-0.2, -0.15) is 13.2 Å². The van der Waals surface area contributed by atoms with Crippen molar-refractivity contribution in [1.82, 2.24) is 0 Å². The van der Waals surface area contributed by atoms with Gasteiger partial charge < -0.3 is 10.5 Å². The molecule has 2 N–H and O–H groups in total. The molecule has 2 nitrogen and oxygen atoms in total. The number of hydrogen-bond acceptors (Lipinski definition) is 2. The molecule has 0 heterocycles. The van der Waals surface area contributed by atoms with Crippen molar-refractivity contribution < 1.29 is 17.9 Å². The molecule has 0 amide bonds. The lowest BCUT2D eigenvalue weighted by atomic mass is 9.87. The number of hydrogen-bond donors (Lipinski definition) is 1. The van der Waals surface area contributed by atoms with Gasteiger partial charge in [-0.25, -0.2) is 0 Å². The molecule has 92 valence electrons. The van der Waals surface area contributed by atoms with Crippen LogP contribution in [0.25, 0.3) is 0 Å². The summed E-state index contributed by atoms with van der Waals surface area (Å²) in [5.41, 5.74) is 5.73. The summed E-state index contributed by atoms with van der Waals surface area (Å²) in [5, 5.41) is 0. The van der Waals surface area contributed by atoms with Gasteiger partial charge in [0.05, 0.1) is 0 Å². The van der Waals surface area contributed by atoms with Gasteiger partial charge in [-0.1, -0.05) is 13.8 Å². The summed E-state index contributed by atoms with van der Waals surface area (Å²) in [6.45, 7) is 4.84. The highest BCUT2D eigenvalue weighted by molar-refractivity contribution is 4.71. The quantitative estimate of drug-likeness (QED) is 0.708. The van der Waals surface area contributed by atoms with Crippen LogP contribution in [0.1, 0.15) is 27.2 Å². The van der Waals surface area contributed by atoms with E-state index in [2.05, 4.69) is 4.74 Å². The van der Waals surface area contributed by atoms with Crippen LogP contribution in [0.4, 0.5) is 13.2 Å². The third-order valence-electron chi connectivity index (χ3n) is 2.39. The van der Waals surface area contributed by atoms with Crippen molar-refractivity contribution in [3.63, 3.8) is 0 Å². The normalized spacial score (nSPS) is 16.8. The molecule has 2 atom stereocenters. The Bertz CT molecular complexity index is 161. The number of ether oxygens (including phenoxy) is 1. The highest BCUT2D eigenvalue weighted by Gasteiger charge is 2.27. The predicted molar refractivity (Wildman–Crippen MR) is 53.5 cm³/mol. The summed E-state index contributed by atoms with van der Waals surface area (Å²) in [4.78, 5) is 0. The highest BCUT2D eigenvalue weighted by Crippen LogP contribution is 2.19. The van der Waals surface area contributed by atoms with E-state index in [0.717, 1.165) is 0 Å². The maximum atomic E-state index is 11.7. The van der Waals surface area contributed by atoms with Gasteiger partial charge in [0.1, 0.15) is 6.61 Å². The summed E-state index contributed by atoms with van der Waals surface area (Å²) in [6.07, 6.45) is -3.66. The van der Waals surface area contributed by atoms with Crippen LogP contribution in [0.3, 0.4) is 0 Å². The second kappa shape index (κ2) is 6.33. The van der Waals surface area contributed by atoms with E-state index in [1.165, 1.54) is 0 Å². The third-order valence-corrected chi connectivity index (χ3v) is 2.39. The zero-order chi connectivity index (χ0) is 12.1. The zero-order valence-electron chi connectivity index (χ0n) is 9.47. The first kappa shape index (κ1) is 14.7. The zero-order valence-corrected chi connectivity index (χ0v) is 9.47. The van der Waals surface area contributed by atoms with E-state index in [4.69, 9.17) is 5.73 Å². The standard InChI is InChI=1S/C10H20F3NO/c1-7(2)9(8(3)14)4-5-15-6-10(11,12)13/h7-9H,4-6,14H2,1-3H3. The molecule has 0 saturated heterocycles. The Morgan fingerprint density at radius 2 is 1.73 bits per heavy atom. The summed E-state index contributed by atoms with van der Waals surface area (Å²) >= 11 is 0. The summed E-state index contributed by atoms with van der Waals surface area (Å²) < 4.78 is 39.8. The minimum Gasteiger partial charge on any atom is -0.372 e. The maximum Gasteiger partial charge on any atom is 0.411 e. The molecular weight excluding hydrogens is 207 g/mol. The van der Waals surface area contributed by atoms with Gasteiger partial charge in [-0.3, -0.25) is 0 Å². The fourth-order valence-electron chi connectivity index (χ4n) is 1.61. The van der Waals surface area contributed by atoms with Crippen LogP contribution in [0, 0.1) is 11.8 Å². The van der Waals surface area contributed by atoms with E-state index >= 15 is 0 Å². The molecular formula is C10H20F3NO. The molecule has 0 aliphatic rings. The van der Waals surface area contributed by atoms with E-state index in [1.807, 2.05) is 20.8 Å². The molecule has 0 aromatic rings. The van der Waals surface area contributed by atoms with E-state index in [9.17, 15) is 13.2 Å². The van der Waals surface area contributed by atoms with Gasteiger partial charge in [-0.15, -0.1) is 0 Å². The Hall–Kier alpha value is -0.290. The largest absolute Gasteiger partial charge is 0.411 e. The molecule has 0 aromatic heterocycles. The van der Waals surface area contributed by atoms with Gasteiger partial charge in [-0.05, 0) is 25.2 Å². The lowest BCUT2D eigenvalue weighted by Gasteiger charge is -2.24. The number of rotatable bonds is 6. The molecule has 0 radical (unpaired) electrons. The van der Waals surface area contributed by atoms with Crippen molar-refractivity contribution in [2.24, 2.45) is 17.6 Å². The maximum absolute atomic E-state index is 11.7. The van der Waals surface area contributed by atoms with Crippen molar-refractivity contribution in [3.05, 3.63) is 0 Å². The van der Waals surface area contributed by atoms with E-state index in [0.29, 0.717) is 12.3 Å². The highest BCUT2D eigenvalue weighted by atomic mass is 19.4. The average Bonchev–Trinajstić information content (AvgIpc) is 2.00. The molecule has 0 saturated carbocycles. The Morgan fingerprint density at radius 3 is 2.07 bits per heavy atom. The van der Waals surface area contributed by atoms with Crippen LogP contribution in [0.2, 0.25) is 0 Å². The predicted octanol–water partition coefficient (Wildman–Crippen LogP) is 2.57. The minimum atomic E-state index is -4.23. The fraction of sp³-hybridized carbons (Fsp3) is 1.00. The van der Waals surface area contributed by atoms with Gasteiger partial charge in [0.2, 0.25) is 0 Å². The lowest BCUT2D eigenvalue weighted by molar-refractivity contribution is -0.174. The van der Waals surface area contributed by atoms with Gasteiger partial charge in [0, 0.05) is 12.6 Å². The van der Waals surface area contributed by atoms with Gasteiger partial charge in [0.15, 0.2) is 0 Å². The van der Waals surface area contributed by atoms with Gasteiger partial charge >= 0.3 is 6.18 Å². The first-order valence-electron chi connectivity index (χ1n) is 5.14. The number of nitrogens with two attached hydrogens (primary N) is 1. The molecule has 0 aliphatic carbocycles. The molecule has 0 spiro atoms. The second-order valence-corrected chi connectivity index (χ2v) is 4.22. The van der Waals surface area contributed by atoms with Crippen LogP contribution in [0.5, 0.6) is 0 Å². The molecule has 0 aliphatic heterocycles. The summed E-state index contributed by atoms with van der Waals surface area (Å²) in [5.74, 6) is 0.567. The first-order chi connectivity index (χ1) is 6.74. The Balaban J connectivity index is 3.73. The van der Waals surface area contributed by atoms with Crippen LogP contribution in [0.15, 0.2) is 0 Å². The Morgan fingerprint density at radius 1 is 1.20 bits per heavy atom. The van der Waals surface area contributed by atoms with Crippen molar-refractivity contribution in [1.29, 1.82) is 0 Å². The molecule has 5 heteroatoms. The van der Waals surface area contributed by atoms with Crippen LogP contribution in [-0.4, -0.2) is 25.4 Å².